The minimum atomic E-state index is -0.994. The van der Waals surface area contributed by atoms with Crippen molar-refractivity contribution in [2.45, 2.75) is 117 Å². The molecule has 3 heterocycles. The van der Waals surface area contributed by atoms with Crippen LogP contribution in [0.3, 0.4) is 0 Å². The Morgan fingerprint density at radius 3 is 2.05 bits per heavy atom. The second-order valence-electron chi connectivity index (χ2n) is 14.4. The molecule has 5 aliphatic rings. The summed E-state index contributed by atoms with van der Waals surface area (Å²) < 4.78 is 36.2. The van der Waals surface area contributed by atoms with E-state index in [2.05, 4.69) is 34.6 Å². The van der Waals surface area contributed by atoms with Gasteiger partial charge in [0.1, 0.15) is 30.0 Å². The van der Waals surface area contributed by atoms with Crippen LogP contribution in [0.2, 0.25) is 0 Å². The van der Waals surface area contributed by atoms with Gasteiger partial charge in [-0.2, -0.15) is 0 Å². The topological polar surface area (TPSA) is 131 Å². The molecule has 3 saturated carbocycles. The van der Waals surface area contributed by atoms with Gasteiger partial charge in [0.25, 0.3) is 0 Å². The summed E-state index contributed by atoms with van der Waals surface area (Å²) in [5, 5.41) is 0. The molecule has 1 spiro atoms. The van der Waals surface area contributed by atoms with Gasteiger partial charge in [0.15, 0.2) is 6.10 Å². The van der Waals surface area contributed by atoms with Gasteiger partial charge in [-0.15, -0.1) is 0 Å². The first-order valence-corrected chi connectivity index (χ1v) is 15.0. The lowest BCUT2D eigenvalue weighted by Gasteiger charge is -2.71. The van der Waals surface area contributed by atoms with E-state index in [-0.39, 0.29) is 11.8 Å². The molecule has 11 atom stereocenters. The highest BCUT2D eigenvalue weighted by atomic mass is 16.7. The monoisotopic (exact) mass is 586 g/mol. The predicted octanol–water partition coefficient (Wildman–Crippen LogP) is 4.69. The number of hydrogen-bond acceptors (Lipinski definition) is 10. The van der Waals surface area contributed by atoms with Crippen molar-refractivity contribution in [1.82, 2.24) is 0 Å². The number of esters is 4. The fourth-order valence-electron chi connectivity index (χ4n) is 10.6. The molecule has 1 aromatic rings. The highest BCUT2D eigenvalue weighted by Gasteiger charge is 2.89. The molecule has 42 heavy (non-hydrogen) atoms. The minimum absolute atomic E-state index is 0.159. The summed E-state index contributed by atoms with van der Waals surface area (Å²) >= 11 is 0. The molecular weight excluding hydrogens is 544 g/mol. The van der Waals surface area contributed by atoms with Crippen LogP contribution in [-0.4, -0.2) is 53.9 Å². The zero-order valence-corrected chi connectivity index (χ0v) is 25.7. The zero-order chi connectivity index (χ0) is 30.6. The van der Waals surface area contributed by atoms with Gasteiger partial charge >= 0.3 is 23.9 Å². The third-order valence-corrected chi connectivity index (χ3v) is 12.2. The number of fused-ring (bicyclic) bond motifs is 3. The number of carbonyl (C=O) groups is 4. The van der Waals surface area contributed by atoms with Gasteiger partial charge < -0.3 is 28.1 Å². The molecule has 5 fully saturated rings. The molecular formula is C32H42O10. The molecule has 0 N–H and O–H groups in total. The molecule has 0 radical (unpaired) electrons. The van der Waals surface area contributed by atoms with Crippen molar-refractivity contribution in [3.8, 4) is 0 Å². The number of furan rings is 1. The van der Waals surface area contributed by atoms with Crippen molar-refractivity contribution >= 4 is 23.9 Å². The summed E-state index contributed by atoms with van der Waals surface area (Å²) in [5.74, 6) is -2.01. The van der Waals surface area contributed by atoms with Gasteiger partial charge in [0.2, 0.25) is 0 Å². The number of cyclic esters (lactones) is 1. The zero-order valence-electron chi connectivity index (χ0n) is 25.7. The summed E-state index contributed by atoms with van der Waals surface area (Å²) in [5.41, 5.74) is -2.88. The van der Waals surface area contributed by atoms with Gasteiger partial charge in [-0.1, -0.05) is 34.6 Å². The molecule has 1 aromatic heterocycles. The summed E-state index contributed by atoms with van der Waals surface area (Å²) in [6, 6.07) is 1.81. The Kier molecular flexibility index (Phi) is 6.30. The maximum absolute atomic E-state index is 13.5. The van der Waals surface area contributed by atoms with Crippen molar-refractivity contribution in [1.29, 1.82) is 0 Å². The number of epoxide rings is 1. The summed E-state index contributed by atoms with van der Waals surface area (Å²) in [6.07, 6.45) is 2.16. The Balaban J connectivity index is 1.54. The van der Waals surface area contributed by atoms with E-state index in [4.69, 9.17) is 28.1 Å². The Morgan fingerprint density at radius 2 is 1.45 bits per heavy atom. The first kappa shape index (κ1) is 29.2. The molecule has 1 unspecified atom stereocenters. The number of carbonyl (C=O) groups excluding carboxylic acids is 4. The van der Waals surface area contributed by atoms with Crippen LogP contribution >= 0.6 is 0 Å². The Hall–Kier alpha value is -2.88. The third kappa shape index (κ3) is 3.53. The van der Waals surface area contributed by atoms with E-state index in [1.807, 2.05) is 6.07 Å². The minimum Gasteiger partial charge on any atom is -0.472 e. The van der Waals surface area contributed by atoms with E-state index in [1.54, 1.807) is 12.5 Å². The van der Waals surface area contributed by atoms with Crippen LogP contribution < -0.4 is 0 Å². The van der Waals surface area contributed by atoms with Crippen molar-refractivity contribution in [2.24, 2.45) is 33.5 Å². The number of hydrogen-bond donors (Lipinski definition) is 0. The molecule has 0 amide bonds. The molecule has 3 aliphatic carbocycles. The third-order valence-electron chi connectivity index (χ3n) is 12.2. The molecule has 6 rings (SSSR count). The Bertz CT molecular complexity index is 1320. The van der Waals surface area contributed by atoms with Crippen LogP contribution in [0.25, 0.3) is 0 Å². The SMILES string of the molecule is CC(=O)O[C@H]1C[C@H](OC(C)=O)[C@]2(C)C3CC[C@@]4(C)[C@H](c5ccoc5)OC(=O)[C@H]5O[C@]54[C@]3(C)[C@H](OC(C)=O)C[C@H]2C1(C)C. The molecule has 0 bridgehead atoms. The normalized spacial score (nSPS) is 46.5. The van der Waals surface area contributed by atoms with Gasteiger partial charge in [-0.05, 0) is 37.2 Å². The highest BCUT2D eigenvalue weighted by Crippen LogP contribution is 2.80. The van der Waals surface area contributed by atoms with Crippen LogP contribution in [0.5, 0.6) is 0 Å². The first-order valence-electron chi connectivity index (χ1n) is 15.0. The second kappa shape index (κ2) is 9.07. The van der Waals surface area contributed by atoms with E-state index < -0.39 is 81.7 Å². The maximum Gasteiger partial charge on any atom is 0.339 e. The van der Waals surface area contributed by atoms with Crippen LogP contribution in [-0.2, 0) is 42.9 Å². The van der Waals surface area contributed by atoms with Crippen molar-refractivity contribution in [2.75, 3.05) is 0 Å². The molecule has 10 heteroatoms. The lowest BCUT2D eigenvalue weighted by Crippen LogP contribution is -2.75. The molecule has 2 aliphatic heterocycles. The number of ether oxygens (including phenoxy) is 5. The standard InChI is InChI=1S/C32H42O10/c1-16(33)38-22-14-23(39-17(2)34)30(7)20-9-11-29(6)25(19-10-12-37-15-19)41-27(36)26-32(29,42-26)31(20,8)24(40-18(3)35)13-21(30)28(22,4)5/h10,12,15,20-26H,9,11,13-14H2,1-8H3/t20?,21-,22-,23-,24+,25-,26+,29-,30+,31-,32+/m0/s1. The van der Waals surface area contributed by atoms with E-state index in [0.717, 1.165) is 5.56 Å². The largest absolute Gasteiger partial charge is 0.472 e. The number of rotatable bonds is 4. The first-order chi connectivity index (χ1) is 19.5. The van der Waals surface area contributed by atoms with Gasteiger partial charge in [0.05, 0.1) is 12.5 Å². The second-order valence-corrected chi connectivity index (χ2v) is 14.4. The van der Waals surface area contributed by atoms with Crippen LogP contribution in [0, 0.1) is 33.5 Å². The van der Waals surface area contributed by atoms with E-state index in [9.17, 15) is 19.2 Å². The average molecular weight is 587 g/mol. The highest BCUT2D eigenvalue weighted by molar-refractivity contribution is 5.82. The molecule has 10 nitrogen and oxygen atoms in total. The van der Waals surface area contributed by atoms with Crippen molar-refractivity contribution in [3.05, 3.63) is 24.2 Å². The molecule has 230 valence electrons. The van der Waals surface area contributed by atoms with E-state index in [1.165, 1.54) is 20.8 Å². The van der Waals surface area contributed by atoms with Crippen LogP contribution in [0.4, 0.5) is 0 Å². The van der Waals surface area contributed by atoms with Gasteiger partial charge in [-0.3, -0.25) is 14.4 Å². The smallest absolute Gasteiger partial charge is 0.339 e. The fourth-order valence-corrected chi connectivity index (χ4v) is 10.6. The Morgan fingerprint density at radius 1 is 0.833 bits per heavy atom. The average Bonchev–Trinajstić information content (AvgIpc) is 3.45. The fraction of sp³-hybridized carbons (Fsp3) is 0.750. The van der Waals surface area contributed by atoms with Crippen LogP contribution in [0.15, 0.2) is 23.0 Å². The van der Waals surface area contributed by atoms with Crippen molar-refractivity contribution in [3.63, 3.8) is 0 Å². The van der Waals surface area contributed by atoms with E-state index >= 15 is 0 Å². The molecule has 0 aromatic carbocycles. The van der Waals surface area contributed by atoms with Crippen LogP contribution in [0.1, 0.15) is 92.7 Å². The predicted molar refractivity (Wildman–Crippen MR) is 145 cm³/mol. The maximum atomic E-state index is 13.5. The van der Waals surface area contributed by atoms with Gasteiger partial charge in [0, 0.05) is 54.4 Å². The van der Waals surface area contributed by atoms with Crippen molar-refractivity contribution < 1.29 is 47.3 Å². The summed E-state index contributed by atoms with van der Waals surface area (Å²) in [7, 11) is 0. The summed E-state index contributed by atoms with van der Waals surface area (Å²) in [4.78, 5) is 50.9. The summed E-state index contributed by atoms with van der Waals surface area (Å²) in [6.45, 7) is 14.7. The quantitative estimate of drug-likeness (QED) is 0.278. The lowest BCUT2D eigenvalue weighted by atomic mass is 9.34. The van der Waals surface area contributed by atoms with Gasteiger partial charge in [-0.25, -0.2) is 4.79 Å². The molecule has 2 saturated heterocycles. The van der Waals surface area contributed by atoms with E-state index in [0.29, 0.717) is 25.7 Å². The lowest BCUT2D eigenvalue weighted by molar-refractivity contribution is -0.298. The Labute approximate surface area is 246 Å².